The van der Waals surface area contributed by atoms with Gasteiger partial charge in [0.2, 0.25) is 5.91 Å². The minimum absolute atomic E-state index is 0.0327. The Bertz CT molecular complexity index is 698. The topological polar surface area (TPSA) is 56.2 Å². The molecule has 0 radical (unpaired) electrons. The Labute approximate surface area is 136 Å². The van der Waals surface area contributed by atoms with Crippen LogP contribution in [0, 0.1) is 26.7 Å². The van der Waals surface area contributed by atoms with Gasteiger partial charge in [-0.05, 0) is 45.7 Å². The van der Waals surface area contributed by atoms with Gasteiger partial charge in [0.15, 0.2) is 0 Å². The summed E-state index contributed by atoms with van der Waals surface area (Å²) in [6.45, 7) is 7.30. The summed E-state index contributed by atoms with van der Waals surface area (Å²) >= 11 is 0. The maximum atomic E-state index is 12.5. The van der Waals surface area contributed by atoms with Crippen molar-refractivity contribution in [3.05, 3.63) is 41.2 Å². The third-order valence-electron chi connectivity index (χ3n) is 4.41. The van der Waals surface area contributed by atoms with E-state index in [1.807, 2.05) is 30.7 Å². The molecule has 0 bridgehead atoms. The lowest BCUT2D eigenvalue weighted by Crippen LogP contribution is -2.28. The van der Waals surface area contributed by atoms with E-state index < -0.39 is 0 Å². The van der Waals surface area contributed by atoms with Gasteiger partial charge >= 0.3 is 0 Å². The van der Waals surface area contributed by atoms with E-state index in [9.17, 15) is 4.79 Å². The third-order valence-corrected chi connectivity index (χ3v) is 4.41. The van der Waals surface area contributed by atoms with Gasteiger partial charge in [-0.15, -0.1) is 0 Å². The van der Waals surface area contributed by atoms with Crippen molar-refractivity contribution in [2.75, 3.05) is 18.5 Å². The molecule has 5 heteroatoms. The first-order chi connectivity index (χ1) is 11.1. The molecular weight excluding hydrogens is 290 g/mol. The Balaban J connectivity index is 1.83. The lowest BCUT2D eigenvalue weighted by molar-refractivity contribution is -0.122. The second kappa shape index (κ2) is 6.54. The summed E-state index contributed by atoms with van der Waals surface area (Å²) in [6, 6.07) is 8.20. The molecule has 0 saturated carbocycles. The van der Waals surface area contributed by atoms with Crippen molar-refractivity contribution >= 4 is 11.6 Å². The summed E-state index contributed by atoms with van der Waals surface area (Å²) in [7, 11) is 0. The number of amides is 1. The highest BCUT2D eigenvalue weighted by Gasteiger charge is 2.24. The standard InChI is InChI=1S/C18H23N3O2/c1-12-4-6-16(7-5-12)21-14(3)17(13(2)20-21)19-18(22)15-8-10-23-11-9-15/h4-7,15H,8-11H2,1-3H3,(H,19,22). The monoisotopic (exact) mass is 313 g/mol. The summed E-state index contributed by atoms with van der Waals surface area (Å²) in [5, 5.41) is 7.66. The largest absolute Gasteiger partial charge is 0.381 e. The Kier molecular flexibility index (Phi) is 4.48. The fourth-order valence-corrected chi connectivity index (χ4v) is 2.95. The number of carbonyl (C=O) groups is 1. The van der Waals surface area contributed by atoms with Gasteiger partial charge in [-0.25, -0.2) is 4.68 Å². The molecule has 2 aromatic rings. The van der Waals surface area contributed by atoms with E-state index in [1.54, 1.807) is 0 Å². The highest BCUT2D eigenvalue weighted by Crippen LogP contribution is 2.25. The molecule has 1 amide bonds. The van der Waals surface area contributed by atoms with Crippen molar-refractivity contribution in [3.63, 3.8) is 0 Å². The molecule has 3 rings (SSSR count). The Hall–Kier alpha value is -2.14. The summed E-state index contributed by atoms with van der Waals surface area (Å²) in [5.41, 5.74) is 4.82. The fraction of sp³-hybridized carbons (Fsp3) is 0.444. The van der Waals surface area contributed by atoms with Gasteiger partial charge in [-0.1, -0.05) is 17.7 Å². The molecule has 23 heavy (non-hydrogen) atoms. The van der Waals surface area contributed by atoms with E-state index in [-0.39, 0.29) is 11.8 Å². The van der Waals surface area contributed by atoms with Crippen LogP contribution in [0.1, 0.15) is 29.8 Å². The van der Waals surface area contributed by atoms with E-state index in [1.165, 1.54) is 5.56 Å². The number of benzene rings is 1. The molecule has 1 N–H and O–H groups in total. The van der Waals surface area contributed by atoms with E-state index >= 15 is 0 Å². The van der Waals surface area contributed by atoms with Gasteiger partial charge in [-0.2, -0.15) is 5.10 Å². The lowest BCUT2D eigenvalue weighted by atomic mass is 9.99. The van der Waals surface area contributed by atoms with Crippen LogP contribution >= 0.6 is 0 Å². The van der Waals surface area contributed by atoms with Crippen LogP contribution in [0.25, 0.3) is 5.69 Å². The molecule has 1 aliphatic rings. The van der Waals surface area contributed by atoms with Crippen LogP contribution in [0.3, 0.4) is 0 Å². The average Bonchev–Trinajstić information content (AvgIpc) is 2.84. The van der Waals surface area contributed by atoms with Crippen molar-refractivity contribution in [3.8, 4) is 5.69 Å². The average molecular weight is 313 g/mol. The highest BCUT2D eigenvalue weighted by molar-refractivity contribution is 5.93. The zero-order valence-corrected chi connectivity index (χ0v) is 13.9. The number of hydrogen-bond donors (Lipinski definition) is 1. The molecular formula is C18H23N3O2. The van der Waals surface area contributed by atoms with Gasteiger partial charge < -0.3 is 10.1 Å². The van der Waals surface area contributed by atoms with Crippen LogP contribution in [0.15, 0.2) is 24.3 Å². The van der Waals surface area contributed by atoms with Gasteiger partial charge in [0.1, 0.15) is 0 Å². The molecule has 1 saturated heterocycles. The van der Waals surface area contributed by atoms with E-state index in [0.717, 1.165) is 35.6 Å². The van der Waals surface area contributed by atoms with Gasteiger partial charge in [0, 0.05) is 19.1 Å². The predicted molar refractivity (Wildman–Crippen MR) is 89.9 cm³/mol. The van der Waals surface area contributed by atoms with Crippen molar-refractivity contribution in [1.29, 1.82) is 0 Å². The molecule has 0 atom stereocenters. The summed E-state index contributed by atoms with van der Waals surface area (Å²) in [4.78, 5) is 12.5. The Morgan fingerprint density at radius 1 is 1.17 bits per heavy atom. The first kappa shape index (κ1) is 15.7. The van der Waals surface area contributed by atoms with Crippen LogP contribution in [0.4, 0.5) is 5.69 Å². The first-order valence-electron chi connectivity index (χ1n) is 8.08. The third kappa shape index (κ3) is 3.29. The summed E-state index contributed by atoms with van der Waals surface area (Å²) < 4.78 is 7.21. The van der Waals surface area contributed by atoms with E-state index in [2.05, 4.69) is 29.5 Å². The molecule has 5 nitrogen and oxygen atoms in total. The number of hydrogen-bond acceptors (Lipinski definition) is 3. The van der Waals surface area contributed by atoms with Crippen molar-refractivity contribution in [2.24, 2.45) is 5.92 Å². The normalized spacial score (nSPS) is 15.6. The van der Waals surface area contributed by atoms with Crippen LogP contribution in [-0.4, -0.2) is 28.9 Å². The fourth-order valence-electron chi connectivity index (χ4n) is 2.95. The van der Waals surface area contributed by atoms with Crippen molar-refractivity contribution in [1.82, 2.24) is 9.78 Å². The van der Waals surface area contributed by atoms with Crippen LogP contribution < -0.4 is 5.32 Å². The first-order valence-corrected chi connectivity index (χ1v) is 8.08. The lowest BCUT2D eigenvalue weighted by Gasteiger charge is -2.21. The molecule has 2 heterocycles. The number of ether oxygens (including phenoxy) is 1. The Morgan fingerprint density at radius 3 is 2.48 bits per heavy atom. The zero-order chi connectivity index (χ0) is 16.4. The number of nitrogens with one attached hydrogen (secondary N) is 1. The number of rotatable bonds is 3. The smallest absolute Gasteiger partial charge is 0.227 e. The molecule has 122 valence electrons. The van der Waals surface area contributed by atoms with Gasteiger partial charge in [0.05, 0.1) is 22.8 Å². The van der Waals surface area contributed by atoms with Gasteiger partial charge in [0.25, 0.3) is 0 Å². The van der Waals surface area contributed by atoms with Crippen LogP contribution in [-0.2, 0) is 9.53 Å². The Morgan fingerprint density at radius 2 is 1.83 bits per heavy atom. The number of anilines is 1. The maximum Gasteiger partial charge on any atom is 0.227 e. The molecule has 1 aromatic carbocycles. The SMILES string of the molecule is Cc1ccc(-n2nc(C)c(NC(=O)C3CCOCC3)c2C)cc1. The second-order valence-corrected chi connectivity index (χ2v) is 6.17. The summed E-state index contributed by atoms with van der Waals surface area (Å²) in [5.74, 6) is 0.105. The summed E-state index contributed by atoms with van der Waals surface area (Å²) in [6.07, 6.45) is 1.58. The molecule has 0 aliphatic carbocycles. The minimum Gasteiger partial charge on any atom is -0.381 e. The molecule has 0 spiro atoms. The zero-order valence-electron chi connectivity index (χ0n) is 13.9. The van der Waals surface area contributed by atoms with E-state index in [0.29, 0.717) is 13.2 Å². The predicted octanol–water partition coefficient (Wildman–Crippen LogP) is 3.16. The number of carbonyl (C=O) groups excluding carboxylic acids is 1. The van der Waals surface area contributed by atoms with Crippen molar-refractivity contribution in [2.45, 2.75) is 33.6 Å². The second-order valence-electron chi connectivity index (χ2n) is 6.17. The van der Waals surface area contributed by atoms with Crippen molar-refractivity contribution < 1.29 is 9.53 Å². The maximum absolute atomic E-state index is 12.5. The highest BCUT2D eigenvalue weighted by atomic mass is 16.5. The minimum atomic E-state index is 0.0327. The molecule has 1 fully saturated rings. The van der Waals surface area contributed by atoms with Gasteiger partial charge in [-0.3, -0.25) is 4.79 Å². The molecule has 0 unspecified atom stereocenters. The molecule has 1 aliphatic heterocycles. The number of aryl methyl sites for hydroxylation is 2. The number of nitrogens with zero attached hydrogens (tertiary/aromatic N) is 2. The van der Waals surface area contributed by atoms with E-state index in [4.69, 9.17) is 4.74 Å². The number of aromatic nitrogens is 2. The van der Waals surface area contributed by atoms with Crippen LogP contribution in [0.5, 0.6) is 0 Å². The van der Waals surface area contributed by atoms with Crippen LogP contribution in [0.2, 0.25) is 0 Å². The quantitative estimate of drug-likeness (QED) is 0.947. The molecule has 1 aromatic heterocycles.